The highest BCUT2D eigenvalue weighted by Crippen LogP contribution is 2.20. The molecule has 6 nitrogen and oxygen atoms in total. The van der Waals surface area contributed by atoms with Crippen LogP contribution in [0.15, 0.2) is 5.51 Å². The maximum atomic E-state index is 11.6. The predicted molar refractivity (Wildman–Crippen MR) is 65.5 cm³/mol. The van der Waals surface area contributed by atoms with Crippen molar-refractivity contribution in [1.82, 2.24) is 10.3 Å². The van der Waals surface area contributed by atoms with Crippen LogP contribution >= 0.6 is 11.3 Å². The molecule has 0 aliphatic rings. The number of carbonyl (C=O) groups is 2. The minimum Gasteiger partial charge on any atom is -0.476 e. The molecule has 1 aromatic heterocycles. The summed E-state index contributed by atoms with van der Waals surface area (Å²) >= 11 is 1.16. The first-order valence-corrected chi connectivity index (χ1v) is 6.15. The van der Waals surface area contributed by atoms with Crippen LogP contribution in [-0.2, 0) is 4.79 Å². The summed E-state index contributed by atoms with van der Waals surface area (Å²) in [5.41, 5.74) is 1.38. The first-order valence-electron chi connectivity index (χ1n) is 5.27. The molecule has 1 rings (SSSR count). The summed E-state index contributed by atoms with van der Waals surface area (Å²) in [6, 6.07) is -0.486. The highest BCUT2D eigenvalue weighted by Gasteiger charge is 2.18. The van der Waals surface area contributed by atoms with E-state index in [1.807, 2.05) is 6.92 Å². The zero-order valence-electron chi connectivity index (χ0n) is 9.69. The molecule has 0 aliphatic carbocycles. The molecule has 94 valence electrons. The average Bonchev–Trinajstić information content (AvgIpc) is 2.73. The van der Waals surface area contributed by atoms with Crippen LogP contribution in [0.1, 0.15) is 30.8 Å². The van der Waals surface area contributed by atoms with Crippen LogP contribution < -0.4 is 10.6 Å². The second-order valence-corrected chi connectivity index (χ2v) is 4.35. The minimum atomic E-state index is -1.10. The molecule has 0 radical (unpaired) electrons. The Morgan fingerprint density at radius 1 is 1.59 bits per heavy atom. The van der Waals surface area contributed by atoms with Gasteiger partial charge in [-0.2, -0.15) is 0 Å². The number of nitrogens with one attached hydrogen (secondary N) is 2. The molecular formula is C10H15N3O3S. The van der Waals surface area contributed by atoms with Gasteiger partial charge in [0.25, 0.3) is 0 Å². The van der Waals surface area contributed by atoms with Crippen molar-refractivity contribution in [3.8, 4) is 0 Å². The van der Waals surface area contributed by atoms with Crippen molar-refractivity contribution in [2.24, 2.45) is 0 Å². The van der Waals surface area contributed by atoms with E-state index >= 15 is 0 Å². The number of carboxylic acid groups (broad SMARTS) is 1. The van der Waals surface area contributed by atoms with Crippen molar-refractivity contribution < 1.29 is 14.7 Å². The molecule has 7 heteroatoms. The molecule has 0 saturated heterocycles. The van der Waals surface area contributed by atoms with Gasteiger partial charge >= 0.3 is 5.97 Å². The molecule has 1 amide bonds. The Bertz CT molecular complexity index is 405. The molecule has 17 heavy (non-hydrogen) atoms. The number of anilines is 1. The molecule has 0 bridgehead atoms. The van der Waals surface area contributed by atoms with Gasteiger partial charge in [0.2, 0.25) is 5.91 Å². The minimum absolute atomic E-state index is 0.0508. The largest absolute Gasteiger partial charge is 0.476 e. The summed E-state index contributed by atoms with van der Waals surface area (Å²) in [6.45, 7) is 4.25. The van der Waals surface area contributed by atoms with E-state index in [-0.39, 0.29) is 11.6 Å². The molecule has 3 N–H and O–H groups in total. The summed E-state index contributed by atoms with van der Waals surface area (Å²) in [6.07, 6.45) is 0.861. The molecule has 1 aromatic rings. The molecule has 1 unspecified atom stereocenters. The van der Waals surface area contributed by atoms with Gasteiger partial charge in [-0.15, -0.1) is 11.3 Å². The number of carbonyl (C=O) groups excluding carboxylic acids is 1. The molecule has 0 aliphatic heterocycles. The molecule has 0 fully saturated rings. The number of amides is 1. The average molecular weight is 257 g/mol. The molecule has 1 heterocycles. The topological polar surface area (TPSA) is 91.3 Å². The fraction of sp³-hybridized carbons (Fsp3) is 0.500. The van der Waals surface area contributed by atoms with Gasteiger partial charge in [-0.1, -0.05) is 6.92 Å². The van der Waals surface area contributed by atoms with Crippen LogP contribution in [0.3, 0.4) is 0 Å². The van der Waals surface area contributed by atoms with Gasteiger partial charge in [0.15, 0.2) is 5.69 Å². The fourth-order valence-electron chi connectivity index (χ4n) is 1.16. The van der Waals surface area contributed by atoms with Crippen LogP contribution in [0.4, 0.5) is 5.00 Å². The summed E-state index contributed by atoms with van der Waals surface area (Å²) in [5.74, 6) is -1.26. The number of nitrogens with zero attached hydrogens (tertiary/aromatic N) is 1. The van der Waals surface area contributed by atoms with Gasteiger partial charge in [-0.05, 0) is 13.3 Å². The third-order valence-corrected chi connectivity index (χ3v) is 2.82. The van der Waals surface area contributed by atoms with Gasteiger partial charge < -0.3 is 15.7 Å². The third-order valence-electron chi connectivity index (χ3n) is 2.06. The monoisotopic (exact) mass is 257 g/mol. The van der Waals surface area contributed by atoms with Crippen LogP contribution in [0.5, 0.6) is 0 Å². The third kappa shape index (κ3) is 3.70. The van der Waals surface area contributed by atoms with Gasteiger partial charge in [-0.3, -0.25) is 4.79 Å². The number of thiazole rings is 1. The van der Waals surface area contributed by atoms with Crippen molar-refractivity contribution in [2.75, 3.05) is 11.9 Å². The Morgan fingerprint density at radius 3 is 2.88 bits per heavy atom. The van der Waals surface area contributed by atoms with E-state index in [1.54, 1.807) is 6.92 Å². The van der Waals surface area contributed by atoms with Gasteiger partial charge in [0, 0.05) is 6.54 Å². The van der Waals surface area contributed by atoms with E-state index < -0.39 is 12.0 Å². The first kappa shape index (κ1) is 13.4. The van der Waals surface area contributed by atoms with E-state index in [4.69, 9.17) is 5.11 Å². The number of hydrogen-bond acceptors (Lipinski definition) is 5. The second-order valence-electron chi connectivity index (χ2n) is 3.49. The maximum absolute atomic E-state index is 11.6. The zero-order chi connectivity index (χ0) is 12.8. The lowest BCUT2D eigenvalue weighted by atomic mass is 10.3. The SMILES string of the molecule is CCCNC(=O)C(C)Nc1scnc1C(=O)O. The standard InChI is InChI=1S/C10H15N3O3S/c1-3-4-11-8(14)6(2)13-9-7(10(15)16)12-5-17-9/h5-6,13H,3-4H2,1-2H3,(H,11,14)(H,15,16). The van der Waals surface area contributed by atoms with Crippen molar-refractivity contribution in [2.45, 2.75) is 26.3 Å². The number of rotatable bonds is 6. The van der Waals surface area contributed by atoms with Gasteiger partial charge in [0.1, 0.15) is 11.0 Å². The first-order chi connectivity index (χ1) is 8.06. The van der Waals surface area contributed by atoms with Crippen LogP contribution in [0.25, 0.3) is 0 Å². The van der Waals surface area contributed by atoms with Crippen molar-refractivity contribution >= 4 is 28.2 Å². The molecule has 0 spiro atoms. The Kier molecular flexibility index (Phi) is 4.89. The molecular weight excluding hydrogens is 242 g/mol. The Morgan fingerprint density at radius 2 is 2.29 bits per heavy atom. The van der Waals surface area contributed by atoms with Crippen LogP contribution in [0.2, 0.25) is 0 Å². The lowest BCUT2D eigenvalue weighted by Gasteiger charge is -2.13. The maximum Gasteiger partial charge on any atom is 0.357 e. The van der Waals surface area contributed by atoms with Crippen molar-refractivity contribution in [3.05, 3.63) is 11.2 Å². The van der Waals surface area contributed by atoms with E-state index in [1.165, 1.54) is 5.51 Å². The predicted octanol–water partition coefficient (Wildman–Crippen LogP) is 1.17. The lowest BCUT2D eigenvalue weighted by molar-refractivity contribution is -0.121. The molecule has 0 saturated carbocycles. The van der Waals surface area contributed by atoms with Crippen LogP contribution in [0, 0.1) is 0 Å². The van der Waals surface area contributed by atoms with Gasteiger partial charge in [0.05, 0.1) is 5.51 Å². The van der Waals surface area contributed by atoms with E-state index in [2.05, 4.69) is 15.6 Å². The summed E-state index contributed by atoms with van der Waals surface area (Å²) in [4.78, 5) is 26.1. The normalized spacial score (nSPS) is 11.9. The Hall–Kier alpha value is -1.63. The van der Waals surface area contributed by atoms with E-state index in [0.29, 0.717) is 11.5 Å². The lowest BCUT2D eigenvalue weighted by Crippen LogP contribution is -2.37. The summed E-state index contributed by atoms with van der Waals surface area (Å²) in [5, 5.41) is 14.8. The molecule has 1 atom stereocenters. The zero-order valence-corrected chi connectivity index (χ0v) is 10.5. The summed E-state index contributed by atoms with van der Waals surface area (Å²) in [7, 11) is 0. The number of hydrogen-bond donors (Lipinski definition) is 3. The smallest absolute Gasteiger partial charge is 0.357 e. The quantitative estimate of drug-likeness (QED) is 0.711. The Labute approximate surface area is 103 Å². The van der Waals surface area contributed by atoms with Gasteiger partial charge in [-0.25, -0.2) is 9.78 Å². The van der Waals surface area contributed by atoms with Crippen molar-refractivity contribution in [3.63, 3.8) is 0 Å². The summed E-state index contributed by atoms with van der Waals surface area (Å²) < 4.78 is 0. The highest BCUT2D eigenvalue weighted by molar-refractivity contribution is 7.14. The highest BCUT2D eigenvalue weighted by atomic mass is 32.1. The fourth-order valence-corrected chi connectivity index (χ4v) is 1.92. The number of carboxylic acids is 1. The number of aromatic carboxylic acids is 1. The van der Waals surface area contributed by atoms with E-state index in [0.717, 1.165) is 17.8 Å². The number of aromatic nitrogens is 1. The molecule has 0 aromatic carbocycles. The van der Waals surface area contributed by atoms with Crippen molar-refractivity contribution in [1.29, 1.82) is 0 Å². The van der Waals surface area contributed by atoms with E-state index in [9.17, 15) is 9.59 Å². The van der Waals surface area contributed by atoms with Crippen LogP contribution in [-0.4, -0.2) is 34.6 Å². The second kappa shape index (κ2) is 6.19. The Balaban J connectivity index is 2.61.